The lowest BCUT2D eigenvalue weighted by Crippen LogP contribution is -2.48. The van der Waals surface area contributed by atoms with E-state index in [4.69, 9.17) is 5.73 Å². The number of primary amides is 1. The van der Waals surface area contributed by atoms with Gasteiger partial charge < -0.3 is 11.1 Å². The molecular formula is C11H20N2O. The van der Waals surface area contributed by atoms with Crippen molar-refractivity contribution < 1.29 is 4.79 Å². The van der Waals surface area contributed by atoms with Crippen LogP contribution in [0.2, 0.25) is 0 Å². The first-order valence-corrected chi connectivity index (χ1v) is 5.83. The lowest BCUT2D eigenvalue weighted by atomic mass is 9.83. The third-order valence-electron chi connectivity index (χ3n) is 3.42. The van der Waals surface area contributed by atoms with Crippen molar-refractivity contribution >= 4 is 5.91 Å². The standard InChI is InChI=1S/C11H20N2O/c12-11(14)10(13-9-6-7-9)8-4-2-1-3-5-8/h8-10,13H,1-7H2,(H2,12,14). The predicted octanol–water partition coefficient (Wildman–Crippen LogP) is 1.17. The van der Waals surface area contributed by atoms with Crippen LogP contribution in [0, 0.1) is 5.92 Å². The number of carbonyl (C=O) groups excluding carboxylic acids is 1. The van der Waals surface area contributed by atoms with E-state index < -0.39 is 0 Å². The Morgan fingerprint density at radius 3 is 2.29 bits per heavy atom. The van der Waals surface area contributed by atoms with Gasteiger partial charge in [0, 0.05) is 6.04 Å². The van der Waals surface area contributed by atoms with Crippen LogP contribution in [-0.2, 0) is 4.79 Å². The van der Waals surface area contributed by atoms with Gasteiger partial charge in [-0.05, 0) is 31.6 Å². The minimum absolute atomic E-state index is 0.0530. The van der Waals surface area contributed by atoms with Crippen molar-refractivity contribution in [3.05, 3.63) is 0 Å². The average Bonchev–Trinajstić information content (AvgIpc) is 2.99. The molecular weight excluding hydrogens is 176 g/mol. The zero-order valence-electron chi connectivity index (χ0n) is 8.67. The molecule has 2 aliphatic rings. The maximum absolute atomic E-state index is 11.3. The van der Waals surface area contributed by atoms with Crippen LogP contribution >= 0.6 is 0 Å². The molecule has 1 unspecified atom stereocenters. The van der Waals surface area contributed by atoms with Crippen molar-refractivity contribution in [2.75, 3.05) is 0 Å². The van der Waals surface area contributed by atoms with E-state index in [0.717, 1.165) is 0 Å². The summed E-state index contributed by atoms with van der Waals surface area (Å²) in [4.78, 5) is 11.3. The molecule has 2 rings (SSSR count). The Morgan fingerprint density at radius 2 is 1.79 bits per heavy atom. The van der Waals surface area contributed by atoms with E-state index in [1.807, 2.05) is 0 Å². The smallest absolute Gasteiger partial charge is 0.234 e. The molecule has 0 spiro atoms. The lowest BCUT2D eigenvalue weighted by molar-refractivity contribution is -0.121. The van der Waals surface area contributed by atoms with Gasteiger partial charge in [0.15, 0.2) is 0 Å². The Bertz CT molecular complexity index is 207. The van der Waals surface area contributed by atoms with E-state index in [9.17, 15) is 4.79 Å². The third-order valence-corrected chi connectivity index (χ3v) is 3.42. The van der Waals surface area contributed by atoms with Crippen molar-refractivity contribution in [2.24, 2.45) is 11.7 Å². The minimum Gasteiger partial charge on any atom is -0.368 e. The first-order chi connectivity index (χ1) is 6.77. The van der Waals surface area contributed by atoms with Gasteiger partial charge in [-0.1, -0.05) is 19.3 Å². The van der Waals surface area contributed by atoms with Crippen molar-refractivity contribution in [1.82, 2.24) is 5.32 Å². The van der Waals surface area contributed by atoms with E-state index in [1.54, 1.807) is 0 Å². The van der Waals surface area contributed by atoms with Crippen molar-refractivity contribution in [3.63, 3.8) is 0 Å². The summed E-state index contributed by atoms with van der Waals surface area (Å²) in [7, 11) is 0. The van der Waals surface area contributed by atoms with Gasteiger partial charge in [0.2, 0.25) is 5.91 Å². The molecule has 3 nitrogen and oxygen atoms in total. The van der Waals surface area contributed by atoms with Crippen molar-refractivity contribution in [2.45, 2.75) is 57.0 Å². The summed E-state index contributed by atoms with van der Waals surface area (Å²) in [5, 5.41) is 3.39. The van der Waals surface area contributed by atoms with Crippen LogP contribution in [0.25, 0.3) is 0 Å². The second kappa shape index (κ2) is 4.30. The normalized spacial score (nSPS) is 26.0. The minimum atomic E-state index is -0.149. The maximum Gasteiger partial charge on any atom is 0.234 e. The Labute approximate surface area is 85.4 Å². The summed E-state index contributed by atoms with van der Waals surface area (Å²) < 4.78 is 0. The highest BCUT2D eigenvalue weighted by atomic mass is 16.1. The van der Waals surface area contributed by atoms with Gasteiger partial charge in [0.05, 0.1) is 6.04 Å². The summed E-state index contributed by atoms with van der Waals surface area (Å²) in [6.07, 6.45) is 8.64. The zero-order chi connectivity index (χ0) is 9.97. The summed E-state index contributed by atoms with van der Waals surface area (Å²) in [5.74, 6) is 0.352. The number of hydrogen-bond donors (Lipinski definition) is 2. The fourth-order valence-corrected chi connectivity index (χ4v) is 2.42. The molecule has 3 N–H and O–H groups in total. The van der Waals surface area contributed by atoms with Gasteiger partial charge in [-0.3, -0.25) is 4.79 Å². The number of nitrogens with two attached hydrogens (primary N) is 1. The van der Waals surface area contributed by atoms with Gasteiger partial charge in [-0.15, -0.1) is 0 Å². The molecule has 0 heterocycles. The second-order valence-electron chi connectivity index (χ2n) is 4.72. The molecule has 0 radical (unpaired) electrons. The van der Waals surface area contributed by atoms with E-state index >= 15 is 0 Å². The molecule has 3 heteroatoms. The van der Waals surface area contributed by atoms with Gasteiger partial charge in [-0.25, -0.2) is 0 Å². The summed E-state index contributed by atoms with van der Waals surface area (Å²) in [6.45, 7) is 0. The van der Waals surface area contributed by atoms with Crippen molar-refractivity contribution in [1.29, 1.82) is 0 Å². The van der Waals surface area contributed by atoms with Crippen LogP contribution in [0.3, 0.4) is 0 Å². The molecule has 1 amide bonds. The zero-order valence-corrected chi connectivity index (χ0v) is 8.67. The van der Waals surface area contributed by atoms with Gasteiger partial charge >= 0.3 is 0 Å². The molecule has 2 fully saturated rings. The molecule has 0 aromatic carbocycles. The molecule has 2 aliphatic carbocycles. The van der Waals surface area contributed by atoms with Crippen LogP contribution in [-0.4, -0.2) is 18.0 Å². The largest absolute Gasteiger partial charge is 0.368 e. The fraction of sp³-hybridized carbons (Fsp3) is 0.909. The van der Waals surface area contributed by atoms with E-state index in [-0.39, 0.29) is 11.9 Å². The third kappa shape index (κ3) is 2.47. The van der Waals surface area contributed by atoms with Crippen LogP contribution in [0.15, 0.2) is 0 Å². The van der Waals surface area contributed by atoms with E-state index in [2.05, 4.69) is 5.32 Å². The maximum atomic E-state index is 11.3. The van der Waals surface area contributed by atoms with Crippen LogP contribution < -0.4 is 11.1 Å². The number of amides is 1. The summed E-state index contributed by atoms with van der Waals surface area (Å²) in [5.41, 5.74) is 5.44. The second-order valence-corrected chi connectivity index (χ2v) is 4.72. The topological polar surface area (TPSA) is 55.1 Å². The first kappa shape index (κ1) is 9.97. The molecule has 0 bridgehead atoms. The molecule has 80 valence electrons. The van der Waals surface area contributed by atoms with E-state index in [1.165, 1.54) is 44.9 Å². The average molecular weight is 196 g/mol. The van der Waals surface area contributed by atoms with Gasteiger partial charge in [-0.2, -0.15) is 0 Å². The number of rotatable bonds is 4. The molecule has 0 aromatic heterocycles. The first-order valence-electron chi connectivity index (χ1n) is 5.83. The van der Waals surface area contributed by atoms with E-state index in [0.29, 0.717) is 12.0 Å². The van der Waals surface area contributed by atoms with Gasteiger partial charge in [0.1, 0.15) is 0 Å². The van der Waals surface area contributed by atoms with Gasteiger partial charge in [0.25, 0.3) is 0 Å². The van der Waals surface area contributed by atoms with Crippen LogP contribution in [0.5, 0.6) is 0 Å². The SMILES string of the molecule is NC(=O)C(NC1CC1)C1CCCCC1. The Hall–Kier alpha value is -0.570. The Balaban J connectivity index is 1.89. The molecule has 2 saturated carbocycles. The molecule has 0 aromatic rings. The summed E-state index contributed by atoms with van der Waals surface area (Å²) >= 11 is 0. The quantitative estimate of drug-likeness (QED) is 0.709. The predicted molar refractivity (Wildman–Crippen MR) is 55.7 cm³/mol. The molecule has 14 heavy (non-hydrogen) atoms. The highest BCUT2D eigenvalue weighted by Gasteiger charge is 2.32. The number of nitrogens with one attached hydrogen (secondary N) is 1. The number of carbonyl (C=O) groups is 1. The summed E-state index contributed by atoms with van der Waals surface area (Å²) in [6, 6.07) is 0.525. The monoisotopic (exact) mass is 196 g/mol. The molecule has 0 saturated heterocycles. The molecule has 1 atom stereocenters. The van der Waals surface area contributed by atoms with Crippen LogP contribution in [0.4, 0.5) is 0 Å². The molecule has 0 aliphatic heterocycles. The Morgan fingerprint density at radius 1 is 1.14 bits per heavy atom. The Kier molecular flexibility index (Phi) is 3.06. The fourth-order valence-electron chi connectivity index (χ4n) is 2.42. The highest BCUT2D eigenvalue weighted by Crippen LogP contribution is 2.29. The van der Waals surface area contributed by atoms with Crippen LogP contribution in [0.1, 0.15) is 44.9 Å². The number of hydrogen-bond acceptors (Lipinski definition) is 2. The van der Waals surface area contributed by atoms with Crippen molar-refractivity contribution in [3.8, 4) is 0 Å². The lowest BCUT2D eigenvalue weighted by Gasteiger charge is -2.28. The highest BCUT2D eigenvalue weighted by molar-refractivity contribution is 5.80.